The minimum absolute atomic E-state index is 0.128. The molecule has 5 heteroatoms. The molecule has 1 aliphatic heterocycles. The highest BCUT2D eigenvalue weighted by Crippen LogP contribution is 2.18. The first-order chi connectivity index (χ1) is 9.56. The van der Waals surface area contributed by atoms with Gasteiger partial charge in [0, 0.05) is 18.0 Å². The van der Waals surface area contributed by atoms with Gasteiger partial charge in [0.25, 0.3) is 5.91 Å². The van der Waals surface area contributed by atoms with Gasteiger partial charge >= 0.3 is 0 Å². The van der Waals surface area contributed by atoms with Crippen molar-refractivity contribution < 1.29 is 14.3 Å². The van der Waals surface area contributed by atoms with Crippen LogP contribution in [0, 0.1) is 6.92 Å². The van der Waals surface area contributed by atoms with Gasteiger partial charge in [0.05, 0.1) is 12.7 Å². The second kappa shape index (κ2) is 6.72. The maximum absolute atomic E-state index is 12.0. The van der Waals surface area contributed by atoms with Gasteiger partial charge in [-0.15, -0.1) is 0 Å². The monoisotopic (exact) mass is 278 g/mol. The van der Waals surface area contributed by atoms with Crippen molar-refractivity contribution in [3.63, 3.8) is 0 Å². The summed E-state index contributed by atoms with van der Waals surface area (Å²) in [5, 5.41) is 2.85. The fourth-order valence-corrected chi connectivity index (χ4v) is 2.16. The third-order valence-electron chi connectivity index (χ3n) is 3.43. The Morgan fingerprint density at radius 3 is 3.05 bits per heavy atom. The second-order valence-electron chi connectivity index (χ2n) is 5.17. The van der Waals surface area contributed by atoms with E-state index in [0.717, 1.165) is 30.7 Å². The van der Waals surface area contributed by atoms with E-state index in [4.69, 9.17) is 15.2 Å². The number of amides is 1. The Morgan fingerprint density at radius 1 is 1.60 bits per heavy atom. The van der Waals surface area contributed by atoms with Crippen molar-refractivity contribution in [3.05, 3.63) is 23.8 Å². The maximum atomic E-state index is 12.0. The maximum Gasteiger partial charge on any atom is 0.253 e. The summed E-state index contributed by atoms with van der Waals surface area (Å²) in [5.74, 6) is -0.157. The Bertz CT molecular complexity index is 470. The molecule has 2 unspecified atom stereocenters. The summed E-state index contributed by atoms with van der Waals surface area (Å²) in [6, 6.07) is 5.39. The molecule has 5 nitrogen and oxygen atoms in total. The van der Waals surface area contributed by atoms with Crippen molar-refractivity contribution >= 4 is 17.3 Å². The van der Waals surface area contributed by atoms with Gasteiger partial charge in [-0.1, -0.05) is 0 Å². The normalized spacial score (nSPS) is 19.8. The van der Waals surface area contributed by atoms with Crippen LogP contribution in [0.4, 0.5) is 11.4 Å². The Hall–Kier alpha value is -1.59. The fourth-order valence-electron chi connectivity index (χ4n) is 2.16. The average molecular weight is 278 g/mol. The molecule has 1 fully saturated rings. The van der Waals surface area contributed by atoms with E-state index in [1.807, 2.05) is 13.0 Å². The molecule has 0 spiro atoms. The van der Waals surface area contributed by atoms with E-state index in [-0.39, 0.29) is 12.0 Å². The molecule has 20 heavy (non-hydrogen) atoms. The summed E-state index contributed by atoms with van der Waals surface area (Å²) in [6.45, 7) is 4.91. The first kappa shape index (κ1) is 14.8. The third kappa shape index (κ3) is 3.95. The molecule has 1 saturated heterocycles. The van der Waals surface area contributed by atoms with Crippen molar-refractivity contribution in [1.82, 2.24) is 0 Å². The molecular weight excluding hydrogens is 256 g/mol. The predicted molar refractivity (Wildman–Crippen MR) is 78.6 cm³/mol. The van der Waals surface area contributed by atoms with Crippen LogP contribution in [0.5, 0.6) is 0 Å². The van der Waals surface area contributed by atoms with E-state index < -0.39 is 6.10 Å². The number of ether oxygens (including phenoxy) is 2. The number of hydrogen-bond donors (Lipinski definition) is 2. The number of anilines is 2. The molecule has 0 bridgehead atoms. The lowest BCUT2D eigenvalue weighted by molar-refractivity contribution is -0.128. The molecule has 0 saturated carbocycles. The zero-order valence-corrected chi connectivity index (χ0v) is 12.0. The highest BCUT2D eigenvalue weighted by Gasteiger charge is 2.20. The minimum Gasteiger partial charge on any atom is -0.399 e. The zero-order valence-electron chi connectivity index (χ0n) is 12.0. The quantitative estimate of drug-likeness (QED) is 0.809. The molecule has 3 N–H and O–H groups in total. The first-order valence-electron chi connectivity index (χ1n) is 6.96. The van der Waals surface area contributed by atoms with E-state index in [2.05, 4.69) is 5.32 Å². The second-order valence-corrected chi connectivity index (χ2v) is 5.17. The number of nitrogens with two attached hydrogens (primary N) is 1. The molecular formula is C15H22N2O3. The summed E-state index contributed by atoms with van der Waals surface area (Å²) in [6.07, 6.45) is 1.70. The van der Waals surface area contributed by atoms with E-state index >= 15 is 0 Å². The summed E-state index contributed by atoms with van der Waals surface area (Å²) in [7, 11) is 0. The number of aryl methyl sites for hydroxylation is 1. The molecule has 2 atom stereocenters. The summed E-state index contributed by atoms with van der Waals surface area (Å²) in [5.41, 5.74) is 8.06. The number of carbonyl (C=O) groups excluding carboxylic acids is 1. The smallest absolute Gasteiger partial charge is 0.253 e. The predicted octanol–water partition coefficient (Wildman–Crippen LogP) is 2.10. The van der Waals surface area contributed by atoms with Crippen LogP contribution in [0.15, 0.2) is 18.2 Å². The van der Waals surface area contributed by atoms with E-state index in [1.54, 1.807) is 19.1 Å². The molecule has 110 valence electrons. The van der Waals surface area contributed by atoms with Crippen LogP contribution in [-0.4, -0.2) is 31.3 Å². The van der Waals surface area contributed by atoms with Crippen molar-refractivity contribution in [2.45, 2.75) is 38.9 Å². The van der Waals surface area contributed by atoms with E-state index in [9.17, 15) is 4.79 Å². The van der Waals surface area contributed by atoms with Crippen LogP contribution in [-0.2, 0) is 14.3 Å². The van der Waals surface area contributed by atoms with Gasteiger partial charge in [0.15, 0.2) is 0 Å². The number of nitrogens with one attached hydrogen (secondary N) is 1. The molecule has 1 aliphatic rings. The zero-order chi connectivity index (χ0) is 14.5. The van der Waals surface area contributed by atoms with Gasteiger partial charge < -0.3 is 20.5 Å². The van der Waals surface area contributed by atoms with Crippen LogP contribution < -0.4 is 11.1 Å². The lowest BCUT2D eigenvalue weighted by atomic mass is 10.1. The van der Waals surface area contributed by atoms with Crippen molar-refractivity contribution in [3.8, 4) is 0 Å². The van der Waals surface area contributed by atoms with Gasteiger partial charge in [0.1, 0.15) is 6.10 Å². The van der Waals surface area contributed by atoms with Gasteiger partial charge in [-0.2, -0.15) is 0 Å². The SMILES string of the molecule is Cc1cc(N)ccc1NC(=O)C(C)OCC1CCCO1. The Morgan fingerprint density at radius 2 is 2.40 bits per heavy atom. The standard InChI is InChI=1S/C15H22N2O3/c1-10-8-12(16)5-6-14(10)17-15(18)11(2)20-9-13-4-3-7-19-13/h5-6,8,11,13H,3-4,7,9,16H2,1-2H3,(H,17,18). The number of carbonyl (C=O) groups is 1. The Kier molecular flexibility index (Phi) is 4.98. The molecule has 1 amide bonds. The Balaban J connectivity index is 1.83. The third-order valence-corrected chi connectivity index (χ3v) is 3.43. The average Bonchev–Trinajstić information content (AvgIpc) is 2.92. The summed E-state index contributed by atoms with van der Waals surface area (Å²) >= 11 is 0. The number of hydrogen-bond acceptors (Lipinski definition) is 4. The van der Waals surface area contributed by atoms with Crippen molar-refractivity contribution in [1.29, 1.82) is 0 Å². The highest BCUT2D eigenvalue weighted by molar-refractivity contribution is 5.94. The van der Waals surface area contributed by atoms with Gasteiger partial charge in [-0.3, -0.25) is 4.79 Å². The molecule has 1 aromatic rings. The van der Waals surface area contributed by atoms with Gasteiger partial charge in [0.2, 0.25) is 0 Å². The van der Waals surface area contributed by atoms with Crippen molar-refractivity contribution in [2.24, 2.45) is 0 Å². The molecule has 0 aromatic heterocycles. The highest BCUT2D eigenvalue weighted by atomic mass is 16.5. The fraction of sp³-hybridized carbons (Fsp3) is 0.533. The topological polar surface area (TPSA) is 73.6 Å². The summed E-state index contributed by atoms with van der Waals surface area (Å²) in [4.78, 5) is 12.0. The number of nitrogen functional groups attached to an aromatic ring is 1. The van der Waals surface area contributed by atoms with Crippen LogP contribution in [0.3, 0.4) is 0 Å². The van der Waals surface area contributed by atoms with Crippen LogP contribution in [0.25, 0.3) is 0 Å². The number of rotatable bonds is 5. The van der Waals surface area contributed by atoms with E-state index in [0.29, 0.717) is 12.3 Å². The summed E-state index contributed by atoms with van der Waals surface area (Å²) < 4.78 is 11.0. The van der Waals surface area contributed by atoms with Crippen LogP contribution in [0.2, 0.25) is 0 Å². The van der Waals surface area contributed by atoms with Crippen LogP contribution >= 0.6 is 0 Å². The van der Waals surface area contributed by atoms with Crippen LogP contribution in [0.1, 0.15) is 25.3 Å². The Labute approximate surface area is 119 Å². The molecule has 0 radical (unpaired) electrons. The lowest BCUT2D eigenvalue weighted by Gasteiger charge is -2.17. The van der Waals surface area contributed by atoms with Gasteiger partial charge in [-0.25, -0.2) is 0 Å². The molecule has 1 aromatic carbocycles. The largest absolute Gasteiger partial charge is 0.399 e. The first-order valence-corrected chi connectivity index (χ1v) is 6.96. The van der Waals surface area contributed by atoms with Gasteiger partial charge in [-0.05, 0) is 50.5 Å². The molecule has 1 heterocycles. The molecule has 2 rings (SSSR count). The van der Waals surface area contributed by atoms with Crippen molar-refractivity contribution in [2.75, 3.05) is 24.3 Å². The lowest BCUT2D eigenvalue weighted by Crippen LogP contribution is -2.30. The molecule has 0 aliphatic carbocycles. The van der Waals surface area contributed by atoms with E-state index in [1.165, 1.54) is 0 Å². The number of benzene rings is 1. The minimum atomic E-state index is -0.504.